The Bertz CT molecular complexity index is 622. The van der Waals surface area contributed by atoms with E-state index in [2.05, 4.69) is 5.10 Å². The number of rotatable bonds is 6. The van der Waals surface area contributed by atoms with E-state index in [-0.39, 0.29) is 12.3 Å². The molecule has 0 fully saturated rings. The summed E-state index contributed by atoms with van der Waals surface area (Å²) in [5.41, 5.74) is 1.36. The molecule has 1 aromatic heterocycles. The fraction of sp³-hybridized carbons (Fsp3) is 0.267. The Morgan fingerprint density at radius 3 is 2.67 bits per heavy atom. The van der Waals surface area contributed by atoms with Gasteiger partial charge in [0.05, 0.1) is 17.4 Å². The van der Waals surface area contributed by atoms with Crippen LogP contribution in [0.25, 0.3) is 5.69 Å². The van der Waals surface area contributed by atoms with E-state index < -0.39 is 5.97 Å². The van der Waals surface area contributed by atoms with E-state index in [0.29, 0.717) is 18.5 Å². The number of aromatic nitrogens is 2. The van der Waals surface area contributed by atoms with Crippen molar-refractivity contribution >= 4 is 11.9 Å². The largest absolute Gasteiger partial charge is 0.481 e. The normalized spacial score (nSPS) is 10.3. The molecule has 0 saturated carbocycles. The Balaban J connectivity index is 2.00. The minimum Gasteiger partial charge on any atom is -0.481 e. The number of hydrogen-bond donors (Lipinski definition) is 1. The smallest absolute Gasteiger partial charge is 0.303 e. The number of carbonyl (C=O) groups excluding carboxylic acids is 1. The molecule has 0 aliphatic carbocycles. The first kappa shape index (κ1) is 14.8. The van der Waals surface area contributed by atoms with Gasteiger partial charge in [-0.25, -0.2) is 4.68 Å². The van der Waals surface area contributed by atoms with Gasteiger partial charge < -0.3 is 10.0 Å². The average molecular weight is 287 g/mol. The molecule has 1 aromatic carbocycles. The maximum Gasteiger partial charge on any atom is 0.303 e. The molecule has 0 unspecified atom stereocenters. The van der Waals surface area contributed by atoms with Crippen molar-refractivity contribution in [1.29, 1.82) is 0 Å². The number of hydrogen-bond acceptors (Lipinski definition) is 3. The van der Waals surface area contributed by atoms with Gasteiger partial charge in [0.15, 0.2) is 0 Å². The van der Waals surface area contributed by atoms with Gasteiger partial charge in [0.1, 0.15) is 0 Å². The summed E-state index contributed by atoms with van der Waals surface area (Å²) in [5, 5.41) is 12.8. The number of amides is 1. The monoisotopic (exact) mass is 287 g/mol. The summed E-state index contributed by atoms with van der Waals surface area (Å²) in [6.07, 6.45) is 3.68. The third kappa shape index (κ3) is 3.92. The van der Waals surface area contributed by atoms with Crippen LogP contribution in [0.5, 0.6) is 0 Å². The fourth-order valence-electron chi connectivity index (χ4n) is 1.94. The summed E-state index contributed by atoms with van der Waals surface area (Å²) in [6, 6.07) is 9.51. The second-order valence-corrected chi connectivity index (χ2v) is 4.73. The van der Waals surface area contributed by atoms with Crippen LogP contribution in [0.3, 0.4) is 0 Å². The number of aliphatic carboxylic acids is 1. The Kier molecular flexibility index (Phi) is 4.71. The van der Waals surface area contributed by atoms with Crippen LogP contribution >= 0.6 is 0 Å². The molecule has 0 atom stereocenters. The van der Waals surface area contributed by atoms with Crippen LogP contribution in [0, 0.1) is 0 Å². The van der Waals surface area contributed by atoms with Crippen molar-refractivity contribution in [2.24, 2.45) is 0 Å². The van der Waals surface area contributed by atoms with Crippen molar-refractivity contribution in [2.45, 2.75) is 12.8 Å². The van der Waals surface area contributed by atoms with Gasteiger partial charge in [-0.3, -0.25) is 9.59 Å². The summed E-state index contributed by atoms with van der Waals surface area (Å²) in [7, 11) is 1.66. The molecule has 2 aromatic rings. The lowest BCUT2D eigenvalue weighted by Crippen LogP contribution is -2.27. The van der Waals surface area contributed by atoms with Crippen molar-refractivity contribution in [3.8, 4) is 5.69 Å². The Morgan fingerprint density at radius 2 is 2.00 bits per heavy atom. The quantitative estimate of drug-likeness (QED) is 0.879. The molecular formula is C15H17N3O3. The Morgan fingerprint density at radius 1 is 1.29 bits per heavy atom. The topological polar surface area (TPSA) is 75.4 Å². The third-order valence-electron chi connectivity index (χ3n) is 3.08. The molecule has 0 spiro atoms. The molecular weight excluding hydrogens is 270 g/mol. The van der Waals surface area contributed by atoms with Gasteiger partial charge in [0.2, 0.25) is 0 Å². The van der Waals surface area contributed by atoms with Crippen molar-refractivity contribution in [1.82, 2.24) is 14.7 Å². The molecule has 0 saturated heterocycles. The highest BCUT2D eigenvalue weighted by molar-refractivity contribution is 5.93. The third-order valence-corrected chi connectivity index (χ3v) is 3.08. The van der Waals surface area contributed by atoms with Crippen molar-refractivity contribution in [2.75, 3.05) is 13.6 Å². The summed E-state index contributed by atoms with van der Waals surface area (Å²) in [6.45, 7) is 0.404. The van der Waals surface area contributed by atoms with Crippen LogP contribution in [0.2, 0.25) is 0 Å². The Labute approximate surface area is 122 Å². The first-order valence-corrected chi connectivity index (χ1v) is 6.65. The van der Waals surface area contributed by atoms with Crippen molar-refractivity contribution < 1.29 is 14.7 Å². The maximum atomic E-state index is 12.2. The summed E-state index contributed by atoms with van der Waals surface area (Å²) >= 11 is 0. The summed E-state index contributed by atoms with van der Waals surface area (Å²) < 4.78 is 1.64. The van der Waals surface area contributed by atoms with E-state index in [4.69, 9.17) is 5.11 Å². The zero-order valence-corrected chi connectivity index (χ0v) is 11.8. The molecule has 6 nitrogen and oxygen atoms in total. The molecule has 0 aliphatic heterocycles. The predicted octanol–water partition coefficient (Wildman–Crippen LogP) is 1.81. The van der Waals surface area contributed by atoms with Gasteiger partial charge in [0, 0.05) is 26.2 Å². The van der Waals surface area contributed by atoms with E-state index in [0.717, 1.165) is 5.69 Å². The molecule has 110 valence electrons. The lowest BCUT2D eigenvalue weighted by molar-refractivity contribution is -0.137. The van der Waals surface area contributed by atoms with E-state index >= 15 is 0 Å². The molecule has 0 bridgehead atoms. The van der Waals surface area contributed by atoms with Gasteiger partial charge >= 0.3 is 5.97 Å². The van der Waals surface area contributed by atoms with Gasteiger partial charge in [-0.2, -0.15) is 5.10 Å². The van der Waals surface area contributed by atoms with E-state index in [9.17, 15) is 9.59 Å². The molecule has 1 heterocycles. The summed E-state index contributed by atoms with van der Waals surface area (Å²) in [5.74, 6) is -1.02. The lowest BCUT2D eigenvalue weighted by atomic mass is 10.2. The number of nitrogens with zero attached hydrogens (tertiary/aromatic N) is 3. The van der Waals surface area contributed by atoms with Crippen LogP contribution in [-0.2, 0) is 4.79 Å². The molecule has 1 N–H and O–H groups in total. The zero-order valence-electron chi connectivity index (χ0n) is 11.8. The summed E-state index contributed by atoms with van der Waals surface area (Å²) in [4.78, 5) is 24.2. The number of benzene rings is 1. The lowest BCUT2D eigenvalue weighted by Gasteiger charge is -2.15. The highest BCUT2D eigenvalue weighted by atomic mass is 16.4. The van der Waals surface area contributed by atoms with Gasteiger partial charge in [0.25, 0.3) is 5.91 Å². The number of carbonyl (C=O) groups is 2. The highest BCUT2D eigenvalue weighted by Crippen LogP contribution is 2.09. The van der Waals surface area contributed by atoms with Gasteiger partial charge in [-0.1, -0.05) is 18.2 Å². The van der Waals surface area contributed by atoms with Crippen LogP contribution in [-0.4, -0.2) is 45.3 Å². The molecule has 21 heavy (non-hydrogen) atoms. The minimum atomic E-state index is -0.854. The molecule has 6 heteroatoms. The van der Waals surface area contributed by atoms with E-state index in [1.165, 1.54) is 11.1 Å². The SMILES string of the molecule is CN(CCCC(=O)O)C(=O)c1cnn(-c2ccccc2)c1. The van der Waals surface area contributed by atoms with Gasteiger partial charge in [-0.15, -0.1) is 0 Å². The number of carboxylic acids is 1. The molecule has 0 radical (unpaired) electrons. The molecule has 2 rings (SSSR count). The maximum absolute atomic E-state index is 12.2. The first-order chi connectivity index (χ1) is 10.1. The average Bonchev–Trinajstić information content (AvgIpc) is 2.96. The Hall–Kier alpha value is -2.63. The standard InChI is InChI=1S/C15H17N3O3/c1-17(9-5-8-14(19)20)15(21)12-10-16-18(11-12)13-6-3-2-4-7-13/h2-4,6-7,10-11H,5,8-9H2,1H3,(H,19,20). The number of para-hydroxylation sites is 1. The van der Waals surface area contributed by atoms with Gasteiger partial charge in [-0.05, 0) is 18.6 Å². The highest BCUT2D eigenvalue weighted by Gasteiger charge is 2.14. The van der Waals surface area contributed by atoms with E-state index in [1.54, 1.807) is 17.9 Å². The first-order valence-electron chi connectivity index (χ1n) is 6.65. The van der Waals surface area contributed by atoms with Crippen LogP contribution < -0.4 is 0 Å². The van der Waals surface area contributed by atoms with Crippen LogP contribution in [0.1, 0.15) is 23.2 Å². The molecule has 1 amide bonds. The van der Waals surface area contributed by atoms with E-state index in [1.807, 2.05) is 30.3 Å². The molecule has 0 aliphatic rings. The van der Waals surface area contributed by atoms with Crippen LogP contribution in [0.15, 0.2) is 42.7 Å². The fourth-order valence-corrected chi connectivity index (χ4v) is 1.94. The number of carboxylic acid groups (broad SMARTS) is 1. The second kappa shape index (κ2) is 6.69. The second-order valence-electron chi connectivity index (χ2n) is 4.73. The zero-order chi connectivity index (χ0) is 15.2. The van der Waals surface area contributed by atoms with Crippen LogP contribution in [0.4, 0.5) is 0 Å². The predicted molar refractivity (Wildman–Crippen MR) is 77.4 cm³/mol. The minimum absolute atomic E-state index is 0.0564. The van der Waals surface area contributed by atoms with Crippen molar-refractivity contribution in [3.05, 3.63) is 48.3 Å². The van der Waals surface area contributed by atoms with Crippen molar-refractivity contribution in [3.63, 3.8) is 0 Å².